The van der Waals surface area contributed by atoms with Gasteiger partial charge in [0.05, 0.1) is 0 Å². The summed E-state index contributed by atoms with van der Waals surface area (Å²) in [5, 5.41) is 9.88. The summed E-state index contributed by atoms with van der Waals surface area (Å²) in [5.74, 6) is -4.31. The minimum absolute atomic E-state index is 0.00712. The minimum Gasteiger partial charge on any atom is -0.480 e. The molecule has 1 heterocycles. The van der Waals surface area contributed by atoms with Crippen LogP contribution in [-0.4, -0.2) is 28.0 Å². The maximum absolute atomic E-state index is 12.4. The number of amides is 2. The third-order valence-corrected chi connectivity index (χ3v) is 3.58. The molecular weight excluding hydrogens is 298 g/mol. The van der Waals surface area contributed by atoms with E-state index in [-0.39, 0.29) is 17.7 Å². The lowest BCUT2D eigenvalue weighted by Crippen LogP contribution is -2.46. The molecule has 23 heavy (non-hydrogen) atoms. The Hall–Kier alpha value is -2.99. The second-order valence-electron chi connectivity index (χ2n) is 5.06. The minimum atomic E-state index is -1.44. The molecule has 2 aromatic carbocycles. The molecule has 6 heteroatoms. The van der Waals surface area contributed by atoms with Crippen molar-refractivity contribution in [3.8, 4) is 0 Å². The van der Waals surface area contributed by atoms with Crippen molar-refractivity contribution in [3.63, 3.8) is 0 Å². The van der Waals surface area contributed by atoms with E-state index < -0.39 is 23.7 Å². The summed E-state index contributed by atoms with van der Waals surface area (Å²) in [6.07, 6.45) is 0. The molecule has 6 nitrogen and oxygen atoms in total. The van der Waals surface area contributed by atoms with Crippen LogP contribution in [0, 0.1) is 0 Å². The van der Waals surface area contributed by atoms with Crippen LogP contribution in [0.2, 0.25) is 0 Å². The third kappa shape index (κ3) is 2.72. The number of carboxylic acids is 1. The summed E-state index contributed by atoms with van der Waals surface area (Å²) in [5.41, 5.74) is 1.11. The SMILES string of the molecule is O=C(O)C1C(=O)N(OCc2ccccc2)C(=O)c2ccccc21. The van der Waals surface area contributed by atoms with Gasteiger partial charge in [0.15, 0.2) is 5.92 Å². The van der Waals surface area contributed by atoms with E-state index in [2.05, 4.69) is 0 Å². The normalized spacial score (nSPS) is 17.0. The molecule has 2 amide bonds. The molecule has 0 spiro atoms. The van der Waals surface area contributed by atoms with E-state index in [1.807, 2.05) is 6.07 Å². The molecule has 3 rings (SSSR count). The Morgan fingerprint density at radius 2 is 1.70 bits per heavy atom. The lowest BCUT2D eigenvalue weighted by molar-refractivity contribution is -0.179. The number of carboxylic acid groups (broad SMARTS) is 1. The van der Waals surface area contributed by atoms with Crippen LogP contribution in [0.5, 0.6) is 0 Å². The summed E-state index contributed by atoms with van der Waals surface area (Å²) >= 11 is 0. The Labute approximate surface area is 131 Å². The van der Waals surface area contributed by atoms with E-state index in [1.54, 1.807) is 36.4 Å². The van der Waals surface area contributed by atoms with E-state index in [0.29, 0.717) is 5.06 Å². The number of nitrogens with zero attached hydrogens (tertiary/aromatic N) is 1. The number of hydroxylamine groups is 2. The van der Waals surface area contributed by atoms with E-state index in [0.717, 1.165) is 5.56 Å². The van der Waals surface area contributed by atoms with Crippen molar-refractivity contribution in [3.05, 3.63) is 71.3 Å². The highest BCUT2D eigenvalue weighted by atomic mass is 16.7. The summed E-state index contributed by atoms with van der Waals surface area (Å²) in [6.45, 7) is -0.00712. The van der Waals surface area contributed by atoms with E-state index in [1.165, 1.54) is 12.1 Å². The lowest BCUT2D eigenvalue weighted by Gasteiger charge is -2.29. The first-order valence-corrected chi connectivity index (χ1v) is 6.96. The van der Waals surface area contributed by atoms with Crippen LogP contribution in [-0.2, 0) is 21.0 Å². The number of fused-ring (bicyclic) bond motifs is 1. The van der Waals surface area contributed by atoms with Gasteiger partial charge in [0.25, 0.3) is 11.8 Å². The Kier molecular flexibility index (Phi) is 3.91. The van der Waals surface area contributed by atoms with Gasteiger partial charge in [-0.25, -0.2) is 0 Å². The Morgan fingerprint density at radius 1 is 1.04 bits per heavy atom. The smallest absolute Gasteiger partial charge is 0.320 e. The first kappa shape index (κ1) is 14.9. The predicted molar refractivity (Wildman–Crippen MR) is 79.2 cm³/mol. The van der Waals surface area contributed by atoms with Gasteiger partial charge in [0.1, 0.15) is 6.61 Å². The van der Waals surface area contributed by atoms with Crippen molar-refractivity contribution >= 4 is 17.8 Å². The number of hydrogen-bond acceptors (Lipinski definition) is 4. The van der Waals surface area contributed by atoms with Gasteiger partial charge >= 0.3 is 5.97 Å². The highest BCUT2D eigenvalue weighted by Gasteiger charge is 2.43. The highest BCUT2D eigenvalue weighted by molar-refractivity contribution is 6.16. The fraction of sp³-hybridized carbons (Fsp3) is 0.118. The quantitative estimate of drug-likeness (QED) is 0.689. The number of aliphatic carboxylic acids is 1. The molecular formula is C17H13NO5. The highest BCUT2D eigenvalue weighted by Crippen LogP contribution is 2.30. The molecule has 1 N–H and O–H groups in total. The molecule has 0 bridgehead atoms. The van der Waals surface area contributed by atoms with Crippen molar-refractivity contribution in [2.24, 2.45) is 0 Å². The van der Waals surface area contributed by atoms with Crippen LogP contribution in [0.4, 0.5) is 0 Å². The summed E-state index contributed by atoms with van der Waals surface area (Å²) in [4.78, 5) is 41.5. The summed E-state index contributed by atoms with van der Waals surface area (Å²) in [7, 11) is 0. The third-order valence-electron chi connectivity index (χ3n) is 3.58. The Morgan fingerprint density at radius 3 is 2.39 bits per heavy atom. The van der Waals surface area contributed by atoms with Crippen LogP contribution in [0.1, 0.15) is 27.4 Å². The molecule has 116 valence electrons. The van der Waals surface area contributed by atoms with E-state index >= 15 is 0 Å². The molecule has 2 aromatic rings. The zero-order valence-electron chi connectivity index (χ0n) is 12.0. The van der Waals surface area contributed by atoms with Gasteiger partial charge in [-0.05, 0) is 17.2 Å². The fourth-order valence-corrected chi connectivity index (χ4v) is 2.48. The van der Waals surface area contributed by atoms with Crippen molar-refractivity contribution in [2.45, 2.75) is 12.5 Å². The van der Waals surface area contributed by atoms with E-state index in [9.17, 15) is 19.5 Å². The van der Waals surface area contributed by atoms with Crippen molar-refractivity contribution in [1.29, 1.82) is 0 Å². The van der Waals surface area contributed by atoms with Gasteiger partial charge in [-0.15, -0.1) is 5.06 Å². The largest absolute Gasteiger partial charge is 0.480 e. The van der Waals surface area contributed by atoms with Gasteiger partial charge in [-0.1, -0.05) is 48.5 Å². The van der Waals surface area contributed by atoms with E-state index in [4.69, 9.17) is 4.84 Å². The molecule has 0 saturated heterocycles. The van der Waals surface area contributed by atoms with Crippen molar-refractivity contribution in [2.75, 3.05) is 0 Å². The van der Waals surface area contributed by atoms with Gasteiger partial charge < -0.3 is 5.11 Å². The molecule has 0 aromatic heterocycles. The molecule has 0 fully saturated rings. The standard InChI is InChI=1S/C17H13NO5/c19-15-13-9-5-4-8-12(13)14(17(21)22)16(20)18(15)23-10-11-6-2-1-3-7-11/h1-9,14H,10H2,(H,21,22). The molecule has 0 aliphatic carbocycles. The van der Waals surface area contributed by atoms with Gasteiger partial charge in [-0.3, -0.25) is 19.2 Å². The maximum atomic E-state index is 12.4. The second-order valence-corrected chi connectivity index (χ2v) is 5.06. The first-order chi connectivity index (χ1) is 11.1. The molecule has 1 aliphatic rings. The van der Waals surface area contributed by atoms with Crippen LogP contribution < -0.4 is 0 Å². The van der Waals surface area contributed by atoms with Gasteiger partial charge in [0, 0.05) is 5.56 Å². The van der Waals surface area contributed by atoms with Crippen LogP contribution in [0.15, 0.2) is 54.6 Å². The second kappa shape index (κ2) is 6.02. The fourth-order valence-electron chi connectivity index (χ4n) is 2.48. The van der Waals surface area contributed by atoms with Crippen molar-refractivity contribution < 1.29 is 24.3 Å². The zero-order valence-corrected chi connectivity index (χ0v) is 12.0. The molecule has 1 atom stereocenters. The van der Waals surface area contributed by atoms with Gasteiger partial charge in [-0.2, -0.15) is 0 Å². The average Bonchev–Trinajstić information content (AvgIpc) is 2.55. The monoisotopic (exact) mass is 311 g/mol. The Bertz CT molecular complexity index is 772. The average molecular weight is 311 g/mol. The molecule has 0 saturated carbocycles. The molecule has 0 radical (unpaired) electrons. The number of carbonyl (C=O) groups excluding carboxylic acids is 2. The number of carbonyl (C=O) groups is 3. The predicted octanol–water partition coefficient (Wildman–Crippen LogP) is 1.97. The number of benzene rings is 2. The van der Waals surface area contributed by atoms with Crippen LogP contribution >= 0.6 is 0 Å². The summed E-state index contributed by atoms with van der Waals surface area (Å²) < 4.78 is 0. The lowest BCUT2D eigenvalue weighted by atomic mass is 9.89. The van der Waals surface area contributed by atoms with Crippen LogP contribution in [0.25, 0.3) is 0 Å². The van der Waals surface area contributed by atoms with Crippen molar-refractivity contribution in [1.82, 2.24) is 5.06 Å². The summed E-state index contributed by atoms with van der Waals surface area (Å²) in [6, 6.07) is 15.1. The first-order valence-electron chi connectivity index (χ1n) is 6.96. The molecule has 1 unspecified atom stereocenters. The topological polar surface area (TPSA) is 83.9 Å². The number of imide groups is 1. The maximum Gasteiger partial charge on any atom is 0.320 e. The zero-order chi connectivity index (χ0) is 16.4. The number of rotatable bonds is 4. The van der Waals surface area contributed by atoms with Crippen LogP contribution in [0.3, 0.4) is 0 Å². The van der Waals surface area contributed by atoms with Gasteiger partial charge in [0.2, 0.25) is 0 Å². The Balaban J connectivity index is 1.91. The molecule has 1 aliphatic heterocycles. The number of hydrogen-bond donors (Lipinski definition) is 1.